The van der Waals surface area contributed by atoms with Crippen molar-refractivity contribution in [3.8, 4) is 0 Å². The summed E-state index contributed by atoms with van der Waals surface area (Å²) in [6.45, 7) is 3.51. The van der Waals surface area contributed by atoms with Crippen LogP contribution in [0.1, 0.15) is 31.7 Å². The number of nitrogens with zero attached hydrogens (tertiary/aromatic N) is 1. The molecule has 2 atom stereocenters. The van der Waals surface area contributed by atoms with Gasteiger partial charge in [-0.15, -0.1) is 0 Å². The van der Waals surface area contributed by atoms with E-state index in [9.17, 15) is 14.4 Å². The van der Waals surface area contributed by atoms with Gasteiger partial charge in [-0.3, -0.25) is 19.3 Å². The molecule has 6 nitrogen and oxygen atoms in total. The van der Waals surface area contributed by atoms with E-state index in [1.54, 1.807) is 24.3 Å². The molecule has 1 heterocycles. The molecule has 0 aromatic heterocycles. The summed E-state index contributed by atoms with van der Waals surface area (Å²) >= 11 is 0. The van der Waals surface area contributed by atoms with Crippen LogP contribution in [0.5, 0.6) is 0 Å². The Morgan fingerprint density at radius 2 is 1.79 bits per heavy atom. The van der Waals surface area contributed by atoms with Crippen molar-refractivity contribution in [1.82, 2.24) is 0 Å². The molecule has 0 unspecified atom stereocenters. The van der Waals surface area contributed by atoms with E-state index >= 15 is 0 Å². The van der Waals surface area contributed by atoms with Gasteiger partial charge in [0.1, 0.15) is 6.54 Å². The summed E-state index contributed by atoms with van der Waals surface area (Å²) < 4.78 is 5.38. The average molecular weight is 380 g/mol. The smallest absolute Gasteiger partial charge is 0.314 e. The van der Waals surface area contributed by atoms with E-state index < -0.39 is 24.4 Å². The Morgan fingerprint density at radius 3 is 2.50 bits per heavy atom. The minimum absolute atomic E-state index is 0.0755. The monoisotopic (exact) mass is 380 g/mol. The number of amides is 2. The number of rotatable bonds is 6. The second kappa shape index (κ2) is 8.69. The molecule has 2 amide bonds. The number of hydrogen-bond acceptors (Lipinski definition) is 4. The van der Waals surface area contributed by atoms with Crippen LogP contribution in [0.3, 0.4) is 0 Å². The lowest BCUT2D eigenvalue weighted by Gasteiger charge is -2.29. The highest BCUT2D eigenvalue weighted by Crippen LogP contribution is 2.30. The second-order valence-corrected chi connectivity index (χ2v) is 6.93. The van der Waals surface area contributed by atoms with E-state index in [4.69, 9.17) is 4.74 Å². The topological polar surface area (TPSA) is 75.7 Å². The predicted octanol–water partition coefficient (Wildman–Crippen LogP) is 3.34. The second-order valence-electron chi connectivity index (χ2n) is 6.93. The maximum absolute atomic E-state index is 12.8. The van der Waals surface area contributed by atoms with Crippen molar-refractivity contribution in [3.05, 3.63) is 60.2 Å². The van der Waals surface area contributed by atoms with Gasteiger partial charge in [0.15, 0.2) is 6.61 Å². The van der Waals surface area contributed by atoms with Crippen LogP contribution in [0.25, 0.3) is 0 Å². The van der Waals surface area contributed by atoms with Crippen LogP contribution < -0.4 is 10.2 Å². The maximum Gasteiger partial charge on any atom is 0.314 e. The number of esters is 1. The summed E-state index contributed by atoms with van der Waals surface area (Å²) in [6, 6.07) is 16.5. The molecule has 0 saturated heterocycles. The highest BCUT2D eigenvalue weighted by Gasteiger charge is 2.30. The lowest BCUT2D eigenvalue weighted by atomic mass is 9.86. The van der Waals surface area contributed by atoms with Crippen molar-refractivity contribution in [2.24, 2.45) is 5.92 Å². The Morgan fingerprint density at radius 1 is 1.11 bits per heavy atom. The molecule has 0 radical (unpaired) electrons. The van der Waals surface area contributed by atoms with Gasteiger partial charge < -0.3 is 10.1 Å². The van der Waals surface area contributed by atoms with Gasteiger partial charge in [-0.25, -0.2) is 0 Å². The molecule has 0 saturated carbocycles. The van der Waals surface area contributed by atoms with Crippen LogP contribution >= 0.6 is 0 Å². The minimum Gasteiger partial charge on any atom is -0.455 e. The fourth-order valence-electron chi connectivity index (χ4n) is 3.35. The van der Waals surface area contributed by atoms with Crippen molar-refractivity contribution >= 4 is 29.2 Å². The van der Waals surface area contributed by atoms with Crippen LogP contribution in [0, 0.1) is 5.92 Å². The van der Waals surface area contributed by atoms with Crippen molar-refractivity contribution in [1.29, 1.82) is 0 Å². The third-order valence-electron chi connectivity index (χ3n) is 5.04. The van der Waals surface area contributed by atoms with Gasteiger partial charge in [-0.2, -0.15) is 0 Å². The van der Waals surface area contributed by atoms with Gasteiger partial charge >= 0.3 is 5.97 Å². The SMILES string of the molecule is CC[C@H](C)[C@H](C(=O)OCC(=O)N1CC(=O)Nc2ccccc21)c1ccccc1. The lowest BCUT2D eigenvalue weighted by molar-refractivity contribution is -0.150. The molecule has 3 rings (SSSR count). The summed E-state index contributed by atoms with van der Waals surface area (Å²) in [7, 11) is 0. The van der Waals surface area contributed by atoms with E-state index in [0.29, 0.717) is 11.4 Å². The highest BCUT2D eigenvalue weighted by molar-refractivity contribution is 6.10. The minimum atomic E-state index is -0.434. The normalized spacial score (nSPS) is 15.2. The molecule has 1 aliphatic heterocycles. The standard InChI is InChI=1S/C22H24N2O4/c1-3-15(2)21(16-9-5-4-6-10-16)22(27)28-14-20(26)24-13-19(25)23-17-11-7-8-12-18(17)24/h4-12,15,21H,3,13-14H2,1-2H3,(H,23,25)/t15-,21-/m0/s1. The Bertz CT molecular complexity index is 866. The van der Waals surface area contributed by atoms with E-state index in [1.165, 1.54) is 4.90 Å². The quantitative estimate of drug-likeness (QED) is 0.780. The molecule has 0 spiro atoms. The Labute approximate surface area is 164 Å². The molecule has 1 aliphatic rings. The first-order valence-corrected chi connectivity index (χ1v) is 9.42. The van der Waals surface area contributed by atoms with Gasteiger partial charge in [-0.1, -0.05) is 62.7 Å². The number of nitrogens with one attached hydrogen (secondary N) is 1. The molecular formula is C22H24N2O4. The van der Waals surface area contributed by atoms with Gasteiger partial charge in [-0.05, 0) is 23.6 Å². The van der Waals surface area contributed by atoms with Crippen molar-refractivity contribution < 1.29 is 19.1 Å². The van der Waals surface area contributed by atoms with E-state index in [0.717, 1.165) is 12.0 Å². The highest BCUT2D eigenvalue weighted by atomic mass is 16.5. The van der Waals surface area contributed by atoms with Gasteiger partial charge in [0, 0.05) is 0 Å². The van der Waals surface area contributed by atoms with E-state index in [-0.39, 0.29) is 18.4 Å². The first-order valence-electron chi connectivity index (χ1n) is 9.42. The van der Waals surface area contributed by atoms with Crippen molar-refractivity contribution in [2.75, 3.05) is 23.4 Å². The van der Waals surface area contributed by atoms with E-state index in [1.807, 2.05) is 44.2 Å². The lowest BCUT2D eigenvalue weighted by Crippen LogP contribution is -2.44. The fourth-order valence-corrected chi connectivity index (χ4v) is 3.35. The van der Waals surface area contributed by atoms with Crippen LogP contribution in [-0.2, 0) is 19.1 Å². The zero-order chi connectivity index (χ0) is 20.1. The molecule has 2 aromatic rings. The van der Waals surface area contributed by atoms with Crippen LogP contribution in [0.15, 0.2) is 54.6 Å². The number of carbonyl (C=O) groups is 3. The summed E-state index contributed by atoms with van der Waals surface area (Å²) in [5, 5.41) is 2.73. The molecule has 6 heteroatoms. The molecule has 0 aliphatic carbocycles. The van der Waals surface area contributed by atoms with Crippen LogP contribution in [0.2, 0.25) is 0 Å². The maximum atomic E-state index is 12.8. The summed E-state index contributed by atoms with van der Waals surface area (Å²) in [5.41, 5.74) is 2.04. The number of benzene rings is 2. The first kappa shape index (κ1) is 19.6. The molecule has 0 fully saturated rings. The molecular weight excluding hydrogens is 356 g/mol. The zero-order valence-corrected chi connectivity index (χ0v) is 16.1. The largest absolute Gasteiger partial charge is 0.455 e. The summed E-state index contributed by atoms with van der Waals surface area (Å²) in [4.78, 5) is 38.7. The number of ether oxygens (including phenoxy) is 1. The molecule has 1 N–H and O–H groups in total. The number of hydrogen-bond donors (Lipinski definition) is 1. The predicted molar refractivity (Wildman–Crippen MR) is 107 cm³/mol. The fraction of sp³-hybridized carbons (Fsp3) is 0.318. The van der Waals surface area contributed by atoms with Crippen molar-refractivity contribution in [3.63, 3.8) is 0 Å². The first-order chi connectivity index (χ1) is 13.5. The zero-order valence-electron chi connectivity index (χ0n) is 16.1. The number of anilines is 2. The molecule has 28 heavy (non-hydrogen) atoms. The number of fused-ring (bicyclic) bond motifs is 1. The summed E-state index contributed by atoms with van der Waals surface area (Å²) in [5.74, 6) is -1.49. The number of para-hydroxylation sites is 2. The number of carbonyl (C=O) groups excluding carboxylic acids is 3. The Balaban J connectivity index is 1.71. The third-order valence-corrected chi connectivity index (χ3v) is 5.04. The van der Waals surface area contributed by atoms with Gasteiger partial charge in [0.2, 0.25) is 5.91 Å². The van der Waals surface area contributed by atoms with Crippen LogP contribution in [-0.4, -0.2) is 30.9 Å². The van der Waals surface area contributed by atoms with Crippen LogP contribution in [0.4, 0.5) is 11.4 Å². The third kappa shape index (κ3) is 4.22. The molecule has 2 aromatic carbocycles. The Kier molecular flexibility index (Phi) is 6.09. The Hall–Kier alpha value is -3.15. The van der Waals surface area contributed by atoms with Crippen molar-refractivity contribution in [2.45, 2.75) is 26.2 Å². The molecule has 146 valence electrons. The summed E-state index contributed by atoms with van der Waals surface area (Å²) in [6.07, 6.45) is 0.808. The van der Waals surface area contributed by atoms with E-state index in [2.05, 4.69) is 5.32 Å². The molecule has 0 bridgehead atoms. The van der Waals surface area contributed by atoms with Gasteiger partial charge in [0.05, 0.1) is 17.3 Å². The average Bonchev–Trinajstić information content (AvgIpc) is 2.72. The van der Waals surface area contributed by atoms with Gasteiger partial charge in [0.25, 0.3) is 5.91 Å².